The van der Waals surface area contributed by atoms with Gasteiger partial charge in [-0.3, -0.25) is 9.59 Å². The number of unbranched alkanes of at least 4 members (excludes halogenated alkanes) is 11. The predicted molar refractivity (Wildman–Crippen MR) is 119 cm³/mol. The van der Waals surface area contributed by atoms with Crippen molar-refractivity contribution in [3.05, 3.63) is 12.2 Å². The Labute approximate surface area is 198 Å². The number of carboxylic acids is 1. The van der Waals surface area contributed by atoms with Crippen LogP contribution in [0, 0.1) is 0 Å². The number of carboxylic acid groups (broad SMARTS) is 1. The van der Waals surface area contributed by atoms with Crippen molar-refractivity contribution >= 4 is 47.3 Å². The van der Waals surface area contributed by atoms with E-state index in [1.165, 1.54) is 51.4 Å². The number of carbonyl (C=O) groups is 3. The van der Waals surface area contributed by atoms with Crippen LogP contribution in [0.15, 0.2) is 12.2 Å². The molecule has 0 rings (SSSR count). The largest absolute Gasteiger partial charge is 0.480 e. The number of nitrogens with two attached hydrogens (primary N) is 1. The number of hydrogen-bond donors (Lipinski definition) is 3. The molecule has 1 atom stereocenters. The third kappa shape index (κ3) is 21.7. The molecule has 1 radical (unpaired) electrons. The Balaban J connectivity index is 0. The maximum atomic E-state index is 11.7. The van der Waals surface area contributed by atoms with Crippen molar-refractivity contribution in [2.45, 2.75) is 109 Å². The van der Waals surface area contributed by atoms with Crippen LogP contribution in [-0.4, -0.2) is 58.5 Å². The monoisotopic (exact) mass is 419 g/mol. The summed E-state index contributed by atoms with van der Waals surface area (Å²) in [5.74, 6) is -2.32. The summed E-state index contributed by atoms with van der Waals surface area (Å²) in [7, 11) is 0. The van der Waals surface area contributed by atoms with Gasteiger partial charge in [-0.05, 0) is 32.1 Å². The van der Waals surface area contributed by atoms with Gasteiger partial charge in [-0.2, -0.15) is 0 Å². The van der Waals surface area contributed by atoms with Crippen LogP contribution < -0.4 is 11.1 Å². The normalized spacial score (nSPS) is 11.8. The van der Waals surface area contributed by atoms with Crippen molar-refractivity contribution in [3.8, 4) is 0 Å². The molecule has 0 aliphatic carbocycles. The fraction of sp³-hybridized carbons (Fsp3) is 0.773. The van der Waals surface area contributed by atoms with E-state index in [0.29, 0.717) is 0 Å². The van der Waals surface area contributed by atoms with Gasteiger partial charge in [0, 0.05) is 36.0 Å². The van der Waals surface area contributed by atoms with Crippen LogP contribution in [0.3, 0.4) is 0 Å². The number of primary amides is 1. The molecule has 0 spiro atoms. The van der Waals surface area contributed by atoms with Crippen LogP contribution in [0.4, 0.5) is 0 Å². The first-order valence-electron chi connectivity index (χ1n) is 10.9. The standard InChI is InChI=1S/C22H40N2O4.Na/c1-2-3-4-5-6-7-8-9-10-11-12-13-14-15-16-17-21(26)24-19(22(27)28)18-20(23)25;/h9-10,19H,2-8,11-18H2,1H3,(H2,23,25)(H,24,26)(H,27,28);/t19-;/m0./s1. The van der Waals surface area contributed by atoms with Crippen molar-refractivity contribution in [2.75, 3.05) is 0 Å². The average Bonchev–Trinajstić information content (AvgIpc) is 2.64. The number of carbonyl (C=O) groups excluding carboxylic acids is 2. The van der Waals surface area contributed by atoms with Crippen LogP contribution >= 0.6 is 0 Å². The van der Waals surface area contributed by atoms with E-state index in [1.807, 2.05) is 0 Å². The number of allylic oxidation sites excluding steroid dienone is 2. The quantitative estimate of drug-likeness (QED) is 0.166. The van der Waals surface area contributed by atoms with E-state index < -0.39 is 17.9 Å². The molecule has 0 aromatic rings. The Morgan fingerprint density at radius 2 is 1.34 bits per heavy atom. The van der Waals surface area contributed by atoms with Crippen molar-refractivity contribution in [2.24, 2.45) is 5.73 Å². The Hall–Kier alpha value is -0.850. The summed E-state index contributed by atoms with van der Waals surface area (Å²) >= 11 is 0. The summed E-state index contributed by atoms with van der Waals surface area (Å²) in [4.78, 5) is 33.5. The van der Waals surface area contributed by atoms with Gasteiger partial charge in [-0.25, -0.2) is 4.79 Å². The van der Waals surface area contributed by atoms with E-state index in [9.17, 15) is 14.4 Å². The van der Waals surface area contributed by atoms with Crippen LogP contribution in [0.2, 0.25) is 0 Å². The molecule has 163 valence electrons. The van der Waals surface area contributed by atoms with Crippen molar-refractivity contribution in [3.63, 3.8) is 0 Å². The Kier molecular flexibility index (Phi) is 22.9. The third-order valence-corrected chi connectivity index (χ3v) is 4.70. The van der Waals surface area contributed by atoms with Gasteiger partial charge >= 0.3 is 5.97 Å². The van der Waals surface area contributed by atoms with Crippen LogP contribution in [-0.2, 0) is 14.4 Å². The van der Waals surface area contributed by atoms with Crippen molar-refractivity contribution < 1.29 is 19.5 Å². The molecule has 0 bridgehead atoms. The SMILES string of the molecule is CCCCCCCCC=CCCCCCCCC(=O)N[C@@H](CC(N)=O)C(=O)O.[Na]. The minimum Gasteiger partial charge on any atom is -0.480 e. The first-order chi connectivity index (χ1) is 13.5. The van der Waals surface area contributed by atoms with Gasteiger partial charge in [0.05, 0.1) is 6.42 Å². The van der Waals surface area contributed by atoms with E-state index in [4.69, 9.17) is 10.8 Å². The molecule has 0 fully saturated rings. The molecule has 0 aliphatic rings. The summed E-state index contributed by atoms with van der Waals surface area (Å²) in [6.07, 6.45) is 19.9. The maximum Gasteiger partial charge on any atom is 0.326 e. The number of hydrogen-bond acceptors (Lipinski definition) is 3. The predicted octanol–water partition coefficient (Wildman–Crippen LogP) is 4.09. The molecular formula is C22H40N2NaO4. The number of aliphatic carboxylic acids is 1. The molecule has 4 N–H and O–H groups in total. The van der Waals surface area contributed by atoms with E-state index >= 15 is 0 Å². The summed E-state index contributed by atoms with van der Waals surface area (Å²) < 4.78 is 0. The minimum atomic E-state index is -1.24. The van der Waals surface area contributed by atoms with E-state index in [2.05, 4.69) is 24.4 Å². The molecule has 2 amide bonds. The zero-order chi connectivity index (χ0) is 21.0. The van der Waals surface area contributed by atoms with E-state index in [1.54, 1.807) is 0 Å². The third-order valence-electron chi connectivity index (χ3n) is 4.70. The Morgan fingerprint density at radius 3 is 1.83 bits per heavy atom. The summed E-state index contributed by atoms with van der Waals surface area (Å²) in [6.45, 7) is 2.24. The first kappa shape index (κ1) is 30.3. The van der Waals surface area contributed by atoms with E-state index in [-0.39, 0.29) is 48.3 Å². The second kappa shape index (κ2) is 21.8. The fourth-order valence-electron chi connectivity index (χ4n) is 3.02. The van der Waals surface area contributed by atoms with Crippen molar-refractivity contribution in [1.29, 1.82) is 0 Å². The minimum absolute atomic E-state index is 0. The van der Waals surface area contributed by atoms with Gasteiger partial charge in [-0.15, -0.1) is 0 Å². The topological polar surface area (TPSA) is 109 Å². The molecule has 0 aliphatic heterocycles. The molecule has 0 aromatic carbocycles. The fourth-order valence-corrected chi connectivity index (χ4v) is 3.02. The van der Waals surface area contributed by atoms with Gasteiger partial charge < -0.3 is 16.2 Å². The smallest absolute Gasteiger partial charge is 0.326 e. The van der Waals surface area contributed by atoms with Gasteiger partial charge in [0.25, 0.3) is 0 Å². The number of nitrogens with one attached hydrogen (secondary N) is 1. The van der Waals surface area contributed by atoms with Crippen molar-refractivity contribution in [1.82, 2.24) is 5.32 Å². The Morgan fingerprint density at radius 1 is 0.862 bits per heavy atom. The zero-order valence-corrected chi connectivity index (χ0v) is 20.6. The summed E-state index contributed by atoms with van der Waals surface area (Å²) in [5, 5.41) is 11.3. The maximum absolute atomic E-state index is 11.7. The second-order valence-electron chi connectivity index (χ2n) is 7.46. The number of rotatable bonds is 19. The van der Waals surface area contributed by atoms with Gasteiger partial charge in [-0.1, -0.05) is 70.4 Å². The summed E-state index contributed by atoms with van der Waals surface area (Å²) in [5.41, 5.74) is 4.98. The first-order valence-corrected chi connectivity index (χ1v) is 10.9. The average molecular weight is 420 g/mol. The molecule has 0 unspecified atom stereocenters. The number of amides is 2. The molecule has 0 saturated heterocycles. The van der Waals surface area contributed by atoms with Crippen LogP contribution in [0.25, 0.3) is 0 Å². The second-order valence-corrected chi connectivity index (χ2v) is 7.46. The van der Waals surface area contributed by atoms with Crippen LogP contribution in [0.1, 0.15) is 103 Å². The van der Waals surface area contributed by atoms with E-state index in [0.717, 1.165) is 32.1 Å². The molecule has 0 heterocycles. The molecule has 7 heteroatoms. The molecule has 0 saturated carbocycles. The van der Waals surface area contributed by atoms with Gasteiger partial charge in [0.15, 0.2) is 0 Å². The molecular weight excluding hydrogens is 379 g/mol. The van der Waals surface area contributed by atoms with Crippen LogP contribution in [0.5, 0.6) is 0 Å². The Bertz CT molecular complexity index is 470. The molecule has 6 nitrogen and oxygen atoms in total. The van der Waals surface area contributed by atoms with Gasteiger partial charge in [0.2, 0.25) is 11.8 Å². The summed E-state index contributed by atoms with van der Waals surface area (Å²) in [6, 6.07) is -1.23. The van der Waals surface area contributed by atoms with Gasteiger partial charge in [0.1, 0.15) is 6.04 Å². The molecule has 0 aromatic heterocycles. The molecule has 29 heavy (non-hydrogen) atoms. The zero-order valence-electron chi connectivity index (χ0n) is 18.6.